The van der Waals surface area contributed by atoms with E-state index in [9.17, 15) is 4.79 Å². The number of carbonyl (C=O) groups is 1. The lowest BCUT2D eigenvalue weighted by atomic mass is 10.1. The summed E-state index contributed by atoms with van der Waals surface area (Å²) in [6.07, 6.45) is 2.49. The zero-order chi connectivity index (χ0) is 22.3. The molecule has 1 aromatic heterocycles. The SMILES string of the molecule is CCc1ccc(NC(=O)CSc2nnc(Cc3ccc4c(c3)OCCCO4)n2CC)cc1. The van der Waals surface area contributed by atoms with Gasteiger partial charge in [0.25, 0.3) is 0 Å². The summed E-state index contributed by atoms with van der Waals surface area (Å²) in [5, 5.41) is 12.4. The Kier molecular flexibility index (Phi) is 7.32. The Hall–Kier alpha value is -3.00. The highest BCUT2D eigenvalue weighted by atomic mass is 32.2. The van der Waals surface area contributed by atoms with Gasteiger partial charge in [0.05, 0.1) is 19.0 Å². The number of carbonyl (C=O) groups excluding carboxylic acids is 1. The van der Waals surface area contributed by atoms with Gasteiger partial charge >= 0.3 is 0 Å². The van der Waals surface area contributed by atoms with E-state index in [1.165, 1.54) is 17.3 Å². The molecule has 0 spiro atoms. The van der Waals surface area contributed by atoms with Crippen LogP contribution in [0.1, 0.15) is 37.2 Å². The lowest BCUT2D eigenvalue weighted by molar-refractivity contribution is -0.113. The van der Waals surface area contributed by atoms with E-state index in [2.05, 4.69) is 33.9 Å². The number of fused-ring (bicyclic) bond motifs is 1. The fourth-order valence-corrected chi connectivity index (χ4v) is 4.35. The average molecular weight is 453 g/mol. The quantitative estimate of drug-likeness (QED) is 0.512. The highest BCUT2D eigenvalue weighted by Gasteiger charge is 2.16. The first-order valence-electron chi connectivity index (χ1n) is 11.0. The minimum Gasteiger partial charge on any atom is -0.490 e. The molecular weight excluding hydrogens is 424 g/mol. The molecule has 1 N–H and O–H groups in total. The van der Waals surface area contributed by atoms with Crippen LogP contribution in [-0.4, -0.2) is 39.6 Å². The van der Waals surface area contributed by atoms with Crippen molar-refractivity contribution >= 4 is 23.4 Å². The maximum Gasteiger partial charge on any atom is 0.234 e. The Morgan fingerprint density at radius 3 is 2.53 bits per heavy atom. The maximum absolute atomic E-state index is 12.4. The second kappa shape index (κ2) is 10.5. The largest absolute Gasteiger partial charge is 0.490 e. The number of rotatable bonds is 8. The molecule has 2 heterocycles. The molecule has 1 amide bonds. The van der Waals surface area contributed by atoms with Crippen molar-refractivity contribution in [3.8, 4) is 11.5 Å². The van der Waals surface area contributed by atoms with Gasteiger partial charge in [-0.05, 0) is 48.7 Å². The molecule has 0 atom stereocenters. The number of ether oxygens (including phenoxy) is 2. The van der Waals surface area contributed by atoms with Crippen LogP contribution in [0.2, 0.25) is 0 Å². The molecule has 0 saturated carbocycles. The monoisotopic (exact) mass is 452 g/mol. The van der Waals surface area contributed by atoms with E-state index in [0.29, 0.717) is 19.6 Å². The van der Waals surface area contributed by atoms with Crippen LogP contribution in [-0.2, 0) is 24.2 Å². The van der Waals surface area contributed by atoms with Gasteiger partial charge in [-0.25, -0.2) is 0 Å². The van der Waals surface area contributed by atoms with Crippen LogP contribution in [0, 0.1) is 0 Å². The smallest absolute Gasteiger partial charge is 0.234 e. The third kappa shape index (κ3) is 5.43. The number of amides is 1. The Morgan fingerprint density at radius 1 is 1.03 bits per heavy atom. The predicted molar refractivity (Wildman–Crippen MR) is 126 cm³/mol. The summed E-state index contributed by atoms with van der Waals surface area (Å²) in [6.45, 7) is 6.23. The van der Waals surface area contributed by atoms with E-state index in [1.807, 2.05) is 42.5 Å². The topological polar surface area (TPSA) is 78.3 Å². The van der Waals surface area contributed by atoms with Gasteiger partial charge in [-0.1, -0.05) is 36.9 Å². The molecule has 0 aliphatic carbocycles. The first-order chi connectivity index (χ1) is 15.7. The van der Waals surface area contributed by atoms with Gasteiger partial charge in [0.1, 0.15) is 5.82 Å². The number of aryl methyl sites for hydroxylation is 1. The number of nitrogens with one attached hydrogen (secondary N) is 1. The molecule has 1 aliphatic heterocycles. The van der Waals surface area contributed by atoms with Gasteiger partial charge in [-0.15, -0.1) is 10.2 Å². The maximum atomic E-state index is 12.4. The van der Waals surface area contributed by atoms with Crippen molar-refractivity contribution in [2.24, 2.45) is 0 Å². The van der Waals surface area contributed by atoms with Crippen molar-refractivity contribution < 1.29 is 14.3 Å². The number of aromatic nitrogens is 3. The summed E-state index contributed by atoms with van der Waals surface area (Å²) < 4.78 is 13.6. The summed E-state index contributed by atoms with van der Waals surface area (Å²) in [7, 11) is 0. The summed E-state index contributed by atoms with van der Waals surface area (Å²) in [4.78, 5) is 12.4. The third-order valence-electron chi connectivity index (χ3n) is 5.26. The molecule has 3 aromatic rings. The van der Waals surface area contributed by atoms with Gasteiger partial charge in [0.15, 0.2) is 16.7 Å². The molecule has 32 heavy (non-hydrogen) atoms. The Bertz CT molecular complexity index is 1070. The molecule has 7 nitrogen and oxygen atoms in total. The molecule has 0 saturated heterocycles. The van der Waals surface area contributed by atoms with Crippen molar-refractivity contribution in [2.45, 2.75) is 44.8 Å². The van der Waals surface area contributed by atoms with Gasteiger partial charge < -0.3 is 19.4 Å². The van der Waals surface area contributed by atoms with Crippen molar-refractivity contribution in [1.29, 1.82) is 0 Å². The van der Waals surface area contributed by atoms with E-state index in [4.69, 9.17) is 9.47 Å². The van der Waals surface area contributed by atoms with E-state index in [1.54, 1.807) is 0 Å². The van der Waals surface area contributed by atoms with Crippen LogP contribution in [0.4, 0.5) is 5.69 Å². The van der Waals surface area contributed by atoms with Crippen molar-refractivity contribution in [2.75, 3.05) is 24.3 Å². The van der Waals surface area contributed by atoms with Crippen LogP contribution in [0.15, 0.2) is 47.6 Å². The Labute approximate surface area is 192 Å². The summed E-state index contributed by atoms with van der Waals surface area (Å²) >= 11 is 1.40. The van der Waals surface area contributed by atoms with Crippen molar-refractivity contribution in [3.05, 3.63) is 59.4 Å². The van der Waals surface area contributed by atoms with E-state index >= 15 is 0 Å². The number of nitrogens with zero attached hydrogens (tertiary/aromatic N) is 3. The van der Waals surface area contributed by atoms with Crippen LogP contribution < -0.4 is 14.8 Å². The molecular formula is C24H28N4O3S. The standard InChI is InChI=1S/C24H28N4O3S/c1-3-17-6-9-19(10-7-17)25-23(29)16-32-24-27-26-22(28(24)4-2)15-18-8-11-20-21(14-18)31-13-5-12-30-20/h6-11,14H,3-5,12-13,15-16H2,1-2H3,(H,25,29). The fourth-order valence-electron chi connectivity index (χ4n) is 3.53. The predicted octanol–water partition coefficient (Wildman–Crippen LogP) is 4.34. The summed E-state index contributed by atoms with van der Waals surface area (Å²) in [5.74, 6) is 2.64. The first kappa shape index (κ1) is 22.2. The minimum absolute atomic E-state index is 0.0608. The summed E-state index contributed by atoms with van der Waals surface area (Å²) in [6, 6.07) is 13.9. The summed E-state index contributed by atoms with van der Waals surface area (Å²) in [5.41, 5.74) is 3.13. The number of anilines is 1. The normalized spacial score (nSPS) is 12.9. The lowest BCUT2D eigenvalue weighted by Gasteiger charge is -2.10. The van der Waals surface area contributed by atoms with E-state index in [-0.39, 0.29) is 11.7 Å². The highest BCUT2D eigenvalue weighted by molar-refractivity contribution is 7.99. The molecule has 0 fully saturated rings. The lowest BCUT2D eigenvalue weighted by Crippen LogP contribution is -2.14. The first-order valence-corrected chi connectivity index (χ1v) is 12.0. The molecule has 168 valence electrons. The molecule has 0 radical (unpaired) electrons. The highest BCUT2D eigenvalue weighted by Crippen LogP contribution is 2.31. The second-order valence-electron chi connectivity index (χ2n) is 7.54. The number of hydrogen-bond donors (Lipinski definition) is 1. The Balaban J connectivity index is 1.38. The zero-order valence-electron chi connectivity index (χ0n) is 18.5. The molecule has 2 aromatic carbocycles. The third-order valence-corrected chi connectivity index (χ3v) is 6.23. The average Bonchev–Trinajstić information content (AvgIpc) is 3.04. The second-order valence-corrected chi connectivity index (χ2v) is 8.48. The van der Waals surface area contributed by atoms with Crippen LogP contribution in [0.3, 0.4) is 0 Å². The van der Waals surface area contributed by atoms with E-state index in [0.717, 1.165) is 53.1 Å². The zero-order valence-corrected chi connectivity index (χ0v) is 19.3. The Morgan fingerprint density at radius 2 is 1.78 bits per heavy atom. The van der Waals surface area contributed by atoms with Crippen LogP contribution in [0.25, 0.3) is 0 Å². The van der Waals surface area contributed by atoms with Gasteiger partial charge in [-0.3, -0.25) is 4.79 Å². The molecule has 0 unspecified atom stereocenters. The molecule has 0 bridgehead atoms. The van der Waals surface area contributed by atoms with Gasteiger partial charge in [0, 0.05) is 25.1 Å². The fraction of sp³-hybridized carbons (Fsp3) is 0.375. The van der Waals surface area contributed by atoms with Gasteiger partial charge in [-0.2, -0.15) is 0 Å². The van der Waals surface area contributed by atoms with Crippen molar-refractivity contribution in [1.82, 2.24) is 14.8 Å². The molecule has 1 aliphatic rings. The van der Waals surface area contributed by atoms with Crippen LogP contribution in [0.5, 0.6) is 11.5 Å². The number of hydrogen-bond acceptors (Lipinski definition) is 6. The minimum atomic E-state index is -0.0608. The van der Waals surface area contributed by atoms with Gasteiger partial charge in [0.2, 0.25) is 5.91 Å². The van der Waals surface area contributed by atoms with Crippen LogP contribution >= 0.6 is 11.8 Å². The molecule has 4 rings (SSSR count). The van der Waals surface area contributed by atoms with Crippen molar-refractivity contribution in [3.63, 3.8) is 0 Å². The molecule has 8 heteroatoms. The number of benzene rings is 2. The van der Waals surface area contributed by atoms with E-state index < -0.39 is 0 Å². The number of thioether (sulfide) groups is 1.